The van der Waals surface area contributed by atoms with E-state index >= 15 is 0 Å². The van der Waals surface area contributed by atoms with Crippen LogP contribution >= 0.6 is 11.6 Å². The maximum absolute atomic E-state index is 10.6. The summed E-state index contributed by atoms with van der Waals surface area (Å²) >= 11 is 5.90. The quantitative estimate of drug-likeness (QED) is 0.389. The molecule has 0 amide bonds. The highest BCUT2D eigenvalue weighted by atomic mass is 35.5. The van der Waals surface area contributed by atoms with E-state index in [1.165, 1.54) is 30.5 Å². The van der Waals surface area contributed by atoms with Crippen molar-refractivity contribution in [2.45, 2.75) is 0 Å². The highest BCUT2D eigenvalue weighted by Gasteiger charge is 2.11. The Labute approximate surface area is 118 Å². The van der Waals surface area contributed by atoms with Crippen molar-refractivity contribution in [2.24, 2.45) is 5.73 Å². The molecule has 0 atom stereocenters. The molecule has 2 aromatic rings. The van der Waals surface area contributed by atoms with Crippen molar-refractivity contribution in [3.05, 3.63) is 57.4 Å². The van der Waals surface area contributed by atoms with Gasteiger partial charge < -0.3 is 10.5 Å². The third-order valence-electron chi connectivity index (χ3n) is 2.37. The van der Waals surface area contributed by atoms with Crippen LogP contribution in [0.25, 0.3) is 0 Å². The second-order valence-corrected chi connectivity index (χ2v) is 4.17. The second kappa shape index (κ2) is 5.54. The van der Waals surface area contributed by atoms with Crippen molar-refractivity contribution in [3.8, 4) is 11.5 Å². The van der Waals surface area contributed by atoms with Crippen molar-refractivity contribution in [1.82, 2.24) is 4.98 Å². The van der Waals surface area contributed by atoms with Gasteiger partial charge in [-0.2, -0.15) is 0 Å². The van der Waals surface area contributed by atoms with Crippen LogP contribution in [0.2, 0.25) is 5.02 Å². The largest absolute Gasteiger partial charge is 0.454 e. The van der Waals surface area contributed by atoms with Gasteiger partial charge in [-0.3, -0.25) is 15.5 Å². The van der Waals surface area contributed by atoms with Crippen LogP contribution in [0.3, 0.4) is 0 Å². The minimum atomic E-state index is -0.543. The van der Waals surface area contributed by atoms with Crippen LogP contribution in [0.1, 0.15) is 5.69 Å². The number of pyridine rings is 1. The molecule has 0 radical (unpaired) electrons. The zero-order valence-electron chi connectivity index (χ0n) is 10.0. The van der Waals surface area contributed by atoms with Crippen LogP contribution in [0.15, 0.2) is 36.5 Å². The van der Waals surface area contributed by atoms with E-state index in [9.17, 15) is 10.1 Å². The normalized spacial score (nSPS) is 10.1. The van der Waals surface area contributed by atoms with Gasteiger partial charge in [0.2, 0.25) is 0 Å². The van der Waals surface area contributed by atoms with E-state index in [0.717, 1.165) is 0 Å². The van der Waals surface area contributed by atoms with Crippen LogP contribution < -0.4 is 10.5 Å². The molecular weight excluding hydrogens is 284 g/mol. The van der Waals surface area contributed by atoms with Gasteiger partial charge >= 0.3 is 0 Å². The van der Waals surface area contributed by atoms with E-state index in [2.05, 4.69) is 4.98 Å². The number of non-ortho nitro benzene ring substituents is 1. The molecule has 1 aromatic heterocycles. The number of hydrogen-bond donors (Lipinski definition) is 2. The number of halogens is 1. The fourth-order valence-corrected chi connectivity index (χ4v) is 1.63. The molecule has 0 saturated heterocycles. The molecule has 0 aliphatic heterocycles. The minimum Gasteiger partial charge on any atom is -0.454 e. The molecule has 0 unspecified atom stereocenters. The van der Waals surface area contributed by atoms with Crippen molar-refractivity contribution < 1.29 is 9.66 Å². The Morgan fingerprint density at radius 3 is 2.65 bits per heavy atom. The number of nitrogens with two attached hydrogens (primary N) is 1. The molecule has 1 heterocycles. The fourth-order valence-electron chi connectivity index (χ4n) is 1.41. The number of nitrogens with zero attached hydrogens (tertiary/aromatic N) is 2. The third-order valence-corrected chi connectivity index (χ3v) is 2.66. The van der Waals surface area contributed by atoms with Gasteiger partial charge in [-0.1, -0.05) is 11.6 Å². The lowest BCUT2D eigenvalue weighted by atomic mass is 10.3. The molecule has 0 saturated carbocycles. The molecule has 1 aromatic carbocycles. The average molecular weight is 293 g/mol. The minimum absolute atomic E-state index is 0.118. The number of hydrogen-bond acceptors (Lipinski definition) is 5. The first-order valence-electron chi connectivity index (χ1n) is 5.39. The summed E-state index contributed by atoms with van der Waals surface area (Å²) < 4.78 is 5.45. The Balaban J connectivity index is 2.21. The van der Waals surface area contributed by atoms with Crippen LogP contribution in [0.5, 0.6) is 11.5 Å². The molecule has 7 nitrogen and oxygen atoms in total. The van der Waals surface area contributed by atoms with Gasteiger partial charge in [-0.15, -0.1) is 0 Å². The monoisotopic (exact) mass is 292 g/mol. The van der Waals surface area contributed by atoms with E-state index in [4.69, 9.17) is 27.5 Å². The van der Waals surface area contributed by atoms with Crippen molar-refractivity contribution in [3.63, 3.8) is 0 Å². The van der Waals surface area contributed by atoms with E-state index in [1.54, 1.807) is 6.07 Å². The Bertz CT molecular complexity index is 673. The summed E-state index contributed by atoms with van der Waals surface area (Å²) in [7, 11) is 0. The summed E-state index contributed by atoms with van der Waals surface area (Å²) in [5.41, 5.74) is 5.49. The number of rotatable bonds is 4. The number of benzene rings is 1. The van der Waals surface area contributed by atoms with Gasteiger partial charge in [0.15, 0.2) is 0 Å². The lowest BCUT2D eigenvalue weighted by Gasteiger charge is -2.07. The van der Waals surface area contributed by atoms with Gasteiger partial charge in [0.1, 0.15) is 23.0 Å². The number of nitrogens with one attached hydrogen (secondary N) is 1. The molecule has 2 rings (SSSR count). The van der Waals surface area contributed by atoms with E-state index in [0.29, 0.717) is 11.4 Å². The number of amidine groups is 1. The summed E-state index contributed by atoms with van der Waals surface area (Å²) in [5, 5.41) is 17.9. The van der Waals surface area contributed by atoms with Crippen LogP contribution in [0.4, 0.5) is 5.69 Å². The van der Waals surface area contributed by atoms with E-state index in [-0.39, 0.29) is 22.3 Å². The molecule has 8 heteroatoms. The first kappa shape index (κ1) is 13.8. The van der Waals surface area contributed by atoms with Crippen molar-refractivity contribution in [2.75, 3.05) is 0 Å². The summed E-state index contributed by atoms with van der Waals surface area (Å²) in [5.74, 6) is 0.505. The highest BCUT2D eigenvalue weighted by Crippen LogP contribution is 2.32. The average Bonchev–Trinajstić information content (AvgIpc) is 2.41. The lowest BCUT2D eigenvalue weighted by molar-refractivity contribution is -0.384. The first-order valence-corrected chi connectivity index (χ1v) is 5.77. The number of ether oxygens (including phenoxy) is 1. The second-order valence-electron chi connectivity index (χ2n) is 3.77. The number of nitro groups is 1. The molecule has 20 heavy (non-hydrogen) atoms. The standard InChI is InChI=1S/C12H9ClN4O3/c13-9-5-7(17(18)19)1-4-11(9)20-8-2-3-10(12(14)15)16-6-8/h1-6H,(H3,14,15). The zero-order valence-corrected chi connectivity index (χ0v) is 10.8. The Kier molecular flexibility index (Phi) is 3.81. The van der Waals surface area contributed by atoms with Crippen LogP contribution in [0, 0.1) is 15.5 Å². The lowest BCUT2D eigenvalue weighted by Crippen LogP contribution is -2.12. The molecule has 0 spiro atoms. The van der Waals surface area contributed by atoms with Gasteiger partial charge in [0.05, 0.1) is 16.1 Å². The SMILES string of the molecule is N=C(N)c1ccc(Oc2ccc([N+](=O)[O-])cc2Cl)cn1. The first-order chi connectivity index (χ1) is 9.47. The Morgan fingerprint density at radius 1 is 1.40 bits per heavy atom. The number of nitro benzene ring substituents is 1. The summed E-state index contributed by atoms with van der Waals surface area (Å²) in [4.78, 5) is 14.0. The molecule has 0 aliphatic rings. The van der Waals surface area contributed by atoms with Gasteiger partial charge in [0, 0.05) is 12.1 Å². The molecule has 0 fully saturated rings. The van der Waals surface area contributed by atoms with Crippen LogP contribution in [-0.4, -0.2) is 15.7 Å². The smallest absolute Gasteiger partial charge is 0.271 e. The van der Waals surface area contributed by atoms with Gasteiger partial charge in [-0.25, -0.2) is 4.98 Å². The molecule has 0 aliphatic carbocycles. The summed E-state index contributed by atoms with van der Waals surface area (Å²) in [6.07, 6.45) is 1.38. The Morgan fingerprint density at radius 2 is 2.15 bits per heavy atom. The molecular formula is C12H9ClN4O3. The number of nitrogen functional groups attached to an aromatic ring is 1. The van der Waals surface area contributed by atoms with E-state index in [1.807, 2.05) is 0 Å². The summed E-state index contributed by atoms with van der Waals surface area (Å²) in [6, 6.07) is 6.99. The predicted octanol–water partition coefficient (Wildman–Crippen LogP) is 2.72. The molecule has 102 valence electrons. The molecule has 0 bridgehead atoms. The van der Waals surface area contributed by atoms with Gasteiger partial charge in [0.25, 0.3) is 5.69 Å². The third kappa shape index (κ3) is 3.01. The maximum Gasteiger partial charge on any atom is 0.271 e. The highest BCUT2D eigenvalue weighted by molar-refractivity contribution is 6.32. The number of aromatic nitrogens is 1. The fraction of sp³-hybridized carbons (Fsp3) is 0. The molecule has 3 N–H and O–H groups in total. The van der Waals surface area contributed by atoms with Crippen molar-refractivity contribution in [1.29, 1.82) is 5.41 Å². The Hall–Kier alpha value is -2.67. The summed E-state index contributed by atoms with van der Waals surface area (Å²) in [6.45, 7) is 0. The zero-order chi connectivity index (χ0) is 14.7. The van der Waals surface area contributed by atoms with Gasteiger partial charge in [-0.05, 0) is 18.2 Å². The van der Waals surface area contributed by atoms with Crippen molar-refractivity contribution >= 4 is 23.1 Å². The van der Waals surface area contributed by atoms with Crippen LogP contribution in [-0.2, 0) is 0 Å². The van der Waals surface area contributed by atoms with E-state index < -0.39 is 4.92 Å². The predicted molar refractivity (Wildman–Crippen MR) is 73.4 cm³/mol. The topological polar surface area (TPSA) is 115 Å². The maximum atomic E-state index is 10.6.